The summed E-state index contributed by atoms with van der Waals surface area (Å²) in [5, 5.41) is 1.02. The normalized spacial score (nSPS) is 12.1. The lowest BCUT2D eigenvalue weighted by atomic mass is 10.1. The molecule has 0 saturated carbocycles. The molecule has 0 bridgehead atoms. The molecule has 0 spiro atoms. The zero-order valence-electron chi connectivity index (χ0n) is 15.7. The van der Waals surface area contributed by atoms with Crippen LogP contribution in [0.1, 0.15) is 64.9 Å². The number of carbonyl (C=O) groups excluding carboxylic acids is 2. The first-order valence-electron chi connectivity index (χ1n) is 9.06. The summed E-state index contributed by atoms with van der Waals surface area (Å²) in [7, 11) is 0. The summed E-state index contributed by atoms with van der Waals surface area (Å²) in [6.45, 7) is 6.27. The van der Waals surface area contributed by atoms with Gasteiger partial charge in [0.1, 0.15) is 6.61 Å². The Morgan fingerprint density at radius 1 is 0.923 bits per heavy atom. The molecule has 0 radical (unpaired) electrons. The van der Waals surface area contributed by atoms with Crippen molar-refractivity contribution in [3.63, 3.8) is 0 Å². The van der Waals surface area contributed by atoms with E-state index in [1.807, 2.05) is 6.92 Å². The van der Waals surface area contributed by atoms with Gasteiger partial charge in [0.05, 0.1) is 6.10 Å². The third-order valence-electron chi connectivity index (χ3n) is 3.72. The molecule has 26 heavy (non-hydrogen) atoms. The number of esters is 2. The minimum Gasteiger partial charge on any atom is -0.463 e. The predicted octanol–water partition coefficient (Wildman–Crippen LogP) is 5.96. The highest BCUT2D eigenvalue weighted by Crippen LogP contribution is 2.19. The first-order chi connectivity index (χ1) is 12.3. The zero-order valence-corrected chi connectivity index (χ0v) is 17.2. The maximum atomic E-state index is 11.8. The van der Waals surface area contributed by atoms with Gasteiger partial charge in [0.2, 0.25) is 0 Å². The molecular weight excluding hydrogens is 375 g/mol. The fourth-order valence-corrected chi connectivity index (χ4v) is 3.21. The Bertz CT molecular complexity index is 567. The van der Waals surface area contributed by atoms with E-state index in [1.165, 1.54) is 0 Å². The highest BCUT2D eigenvalue weighted by molar-refractivity contribution is 6.34. The van der Waals surface area contributed by atoms with Crippen LogP contribution in [0.2, 0.25) is 10.0 Å². The molecule has 1 aromatic rings. The molecular formula is C20H28Cl2O4. The molecule has 1 unspecified atom stereocenters. The number of hydrogen-bond donors (Lipinski definition) is 0. The Balaban J connectivity index is 2.12. The van der Waals surface area contributed by atoms with Crippen molar-refractivity contribution in [2.75, 3.05) is 0 Å². The molecule has 0 N–H and O–H groups in total. The van der Waals surface area contributed by atoms with Gasteiger partial charge in [0.25, 0.3) is 0 Å². The first kappa shape index (κ1) is 22.8. The highest BCUT2D eigenvalue weighted by atomic mass is 35.5. The Morgan fingerprint density at radius 3 is 2.08 bits per heavy atom. The van der Waals surface area contributed by atoms with Crippen molar-refractivity contribution in [3.05, 3.63) is 33.8 Å². The lowest BCUT2D eigenvalue weighted by Crippen LogP contribution is -2.16. The second kappa shape index (κ2) is 12.2. The maximum Gasteiger partial charge on any atom is 0.306 e. The van der Waals surface area contributed by atoms with Gasteiger partial charge in [-0.15, -0.1) is 0 Å². The van der Waals surface area contributed by atoms with Gasteiger partial charge in [-0.05, 0) is 55.9 Å². The minimum absolute atomic E-state index is 0.0440. The van der Waals surface area contributed by atoms with Gasteiger partial charge in [-0.25, -0.2) is 0 Å². The topological polar surface area (TPSA) is 52.6 Å². The summed E-state index contributed by atoms with van der Waals surface area (Å²) in [5.41, 5.74) is 0.758. The molecule has 0 amide bonds. The van der Waals surface area contributed by atoms with Crippen molar-refractivity contribution in [1.29, 1.82) is 0 Å². The van der Waals surface area contributed by atoms with E-state index in [-0.39, 0.29) is 24.6 Å². The van der Waals surface area contributed by atoms with Crippen LogP contribution in [-0.2, 0) is 25.7 Å². The van der Waals surface area contributed by atoms with Gasteiger partial charge in [-0.1, -0.05) is 43.5 Å². The SMILES string of the molecule is CC(C)CC(C)OC(=O)CCCCCC(=O)OCc1cc(Cl)cc(Cl)c1. The van der Waals surface area contributed by atoms with Crippen LogP contribution in [0, 0.1) is 5.92 Å². The average Bonchev–Trinajstić information content (AvgIpc) is 2.50. The molecule has 0 aromatic heterocycles. The molecule has 6 heteroatoms. The van der Waals surface area contributed by atoms with Crippen LogP contribution < -0.4 is 0 Å². The quantitative estimate of drug-likeness (QED) is 0.338. The van der Waals surface area contributed by atoms with Gasteiger partial charge in [0, 0.05) is 22.9 Å². The molecule has 0 fully saturated rings. The Morgan fingerprint density at radius 2 is 1.50 bits per heavy atom. The molecule has 0 aliphatic heterocycles. The predicted molar refractivity (Wildman–Crippen MR) is 104 cm³/mol. The second-order valence-electron chi connectivity index (χ2n) is 6.93. The minimum atomic E-state index is -0.269. The monoisotopic (exact) mass is 402 g/mol. The Kier molecular flexibility index (Phi) is 10.7. The molecule has 0 aliphatic carbocycles. The number of hydrogen-bond acceptors (Lipinski definition) is 4. The number of benzene rings is 1. The van der Waals surface area contributed by atoms with Crippen molar-refractivity contribution >= 4 is 35.1 Å². The van der Waals surface area contributed by atoms with Crippen LogP contribution in [0.4, 0.5) is 0 Å². The van der Waals surface area contributed by atoms with Gasteiger partial charge in [0.15, 0.2) is 0 Å². The van der Waals surface area contributed by atoms with Crippen LogP contribution >= 0.6 is 23.2 Å². The number of unbranched alkanes of at least 4 members (excludes halogenated alkanes) is 2. The van der Waals surface area contributed by atoms with E-state index in [2.05, 4.69) is 13.8 Å². The lowest BCUT2D eigenvalue weighted by molar-refractivity contribution is -0.149. The molecule has 1 atom stereocenters. The standard InChI is InChI=1S/C20H28Cl2O4/c1-14(2)9-15(3)26-20(24)8-6-4-5-7-19(23)25-13-16-10-17(21)12-18(22)11-16/h10-12,14-15H,4-9,13H2,1-3H3. The van der Waals surface area contributed by atoms with Crippen molar-refractivity contribution in [1.82, 2.24) is 0 Å². The summed E-state index contributed by atoms with van der Waals surface area (Å²) in [4.78, 5) is 23.5. The molecule has 1 aromatic carbocycles. The summed E-state index contributed by atoms with van der Waals surface area (Å²) in [6, 6.07) is 5.06. The largest absolute Gasteiger partial charge is 0.463 e. The number of halogens is 2. The Labute approximate surface area is 166 Å². The van der Waals surface area contributed by atoms with E-state index in [4.69, 9.17) is 32.7 Å². The van der Waals surface area contributed by atoms with Crippen LogP contribution in [-0.4, -0.2) is 18.0 Å². The fourth-order valence-electron chi connectivity index (χ4n) is 2.64. The molecule has 4 nitrogen and oxygen atoms in total. The van der Waals surface area contributed by atoms with E-state index in [9.17, 15) is 9.59 Å². The summed E-state index contributed by atoms with van der Waals surface area (Å²) < 4.78 is 10.6. The maximum absolute atomic E-state index is 11.8. The van der Waals surface area contributed by atoms with E-state index in [0.29, 0.717) is 41.6 Å². The Hall–Kier alpha value is -1.26. The van der Waals surface area contributed by atoms with Crippen molar-refractivity contribution < 1.29 is 19.1 Å². The van der Waals surface area contributed by atoms with Gasteiger partial charge in [-0.3, -0.25) is 9.59 Å². The van der Waals surface area contributed by atoms with Crippen LogP contribution in [0.25, 0.3) is 0 Å². The summed E-state index contributed by atoms with van der Waals surface area (Å²) in [5.74, 6) is 0.0690. The van der Waals surface area contributed by atoms with Gasteiger partial charge in [-0.2, -0.15) is 0 Å². The van der Waals surface area contributed by atoms with Gasteiger partial charge < -0.3 is 9.47 Å². The molecule has 0 aliphatic rings. The summed E-state index contributed by atoms with van der Waals surface area (Å²) >= 11 is 11.8. The second-order valence-corrected chi connectivity index (χ2v) is 7.80. The molecule has 0 heterocycles. The number of carbonyl (C=O) groups is 2. The van der Waals surface area contributed by atoms with Gasteiger partial charge >= 0.3 is 11.9 Å². The highest BCUT2D eigenvalue weighted by Gasteiger charge is 2.11. The zero-order chi connectivity index (χ0) is 19.5. The van der Waals surface area contributed by atoms with Crippen LogP contribution in [0.3, 0.4) is 0 Å². The third kappa shape index (κ3) is 10.7. The first-order valence-corrected chi connectivity index (χ1v) is 9.82. The molecule has 146 valence electrons. The van der Waals surface area contributed by atoms with E-state index in [1.54, 1.807) is 18.2 Å². The number of ether oxygens (including phenoxy) is 2. The van der Waals surface area contributed by atoms with Crippen LogP contribution in [0.15, 0.2) is 18.2 Å². The van der Waals surface area contributed by atoms with E-state index < -0.39 is 0 Å². The van der Waals surface area contributed by atoms with Crippen molar-refractivity contribution in [3.8, 4) is 0 Å². The fraction of sp³-hybridized carbons (Fsp3) is 0.600. The van der Waals surface area contributed by atoms with Crippen molar-refractivity contribution in [2.45, 2.75) is 72.0 Å². The van der Waals surface area contributed by atoms with E-state index in [0.717, 1.165) is 18.4 Å². The summed E-state index contributed by atoms with van der Waals surface area (Å²) in [6.07, 6.45) is 3.72. The smallest absolute Gasteiger partial charge is 0.306 e. The average molecular weight is 403 g/mol. The number of rotatable bonds is 11. The third-order valence-corrected chi connectivity index (χ3v) is 4.16. The molecule has 0 saturated heterocycles. The molecule has 1 rings (SSSR count). The van der Waals surface area contributed by atoms with E-state index >= 15 is 0 Å². The van der Waals surface area contributed by atoms with Crippen LogP contribution in [0.5, 0.6) is 0 Å². The lowest BCUT2D eigenvalue weighted by Gasteiger charge is -2.15. The van der Waals surface area contributed by atoms with Crippen molar-refractivity contribution in [2.24, 2.45) is 5.92 Å².